The van der Waals surface area contributed by atoms with Gasteiger partial charge in [-0.1, -0.05) is 42.8 Å². The van der Waals surface area contributed by atoms with Gasteiger partial charge in [-0.2, -0.15) is 5.10 Å². The third-order valence-corrected chi connectivity index (χ3v) is 7.37. The van der Waals surface area contributed by atoms with Crippen LogP contribution in [0.4, 0.5) is 0 Å². The Labute approximate surface area is 179 Å². The molecule has 4 rings (SSSR count). The summed E-state index contributed by atoms with van der Waals surface area (Å²) >= 11 is 8.03. The van der Waals surface area contributed by atoms with Crippen LogP contribution in [0.15, 0.2) is 71.8 Å². The van der Waals surface area contributed by atoms with Crippen molar-refractivity contribution >= 4 is 32.8 Å². The van der Waals surface area contributed by atoms with Crippen LogP contribution in [0.1, 0.15) is 12.5 Å². The highest BCUT2D eigenvalue weighted by atomic mass is 35.5. The predicted molar refractivity (Wildman–Crippen MR) is 120 cm³/mol. The second-order valence-corrected chi connectivity index (χ2v) is 10.2. The van der Waals surface area contributed by atoms with Crippen LogP contribution in [0.3, 0.4) is 0 Å². The van der Waals surface area contributed by atoms with E-state index in [1.807, 2.05) is 41.1 Å². The lowest BCUT2D eigenvalue weighted by Gasteiger charge is -2.09. The van der Waals surface area contributed by atoms with Gasteiger partial charge in [-0.3, -0.25) is 0 Å². The van der Waals surface area contributed by atoms with Gasteiger partial charge in [-0.25, -0.2) is 13.1 Å². The fourth-order valence-corrected chi connectivity index (χ4v) is 5.36. The third kappa shape index (κ3) is 3.88. The van der Waals surface area contributed by atoms with E-state index >= 15 is 0 Å². The smallest absolute Gasteiger partial charge is 0.175 e. The molecular weight excluding hydrogens is 424 g/mol. The number of benzene rings is 2. The van der Waals surface area contributed by atoms with Gasteiger partial charge in [0.15, 0.2) is 9.84 Å². The minimum atomic E-state index is -3.26. The summed E-state index contributed by atoms with van der Waals surface area (Å²) in [6.45, 7) is 2.11. The van der Waals surface area contributed by atoms with Gasteiger partial charge >= 0.3 is 0 Å². The molecule has 148 valence electrons. The Morgan fingerprint density at radius 2 is 1.86 bits per heavy atom. The van der Waals surface area contributed by atoms with E-state index in [1.54, 1.807) is 35.7 Å². The molecule has 2 aromatic carbocycles. The minimum absolute atomic E-state index is 0.323. The lowest BCUT2D eigenvalue weighted by molar-refractivity contribution is 0.602. The van der Waals surface area contributed by atoms with Crippen LogP contribution in [0.5, 0.6) is 0 Å². The Morgan fingerprint density at radius 1 is 1.07 bits per heavy atom. The topological polar surface area (TPSA) is 52.0 Å². The van der Waals surface area contributed by atoms with Crippen molar-refractivity contribution in [3.63, 3.8) is 0 Å². The molecule has 7 heteroatoms. The highest BCUT2D eigenvalue weighted by Gasteiger charge is 2.18. The molecule has 29 heavy (non-hydrogen) atoms. The Balaban J connectivity index is 1.84. The number of hydrogen-bond donors (Lipinski definition) is 0. The van der Waals surface area contributed by atoms with E-state index in [2.05, 4.69) is 18.1 Å². The summed E-state index contributed by atoms with van der Waals surface area (Å²) < 4.78 is 25.7. The molecule has 4 aromatic rings. The van der Waals surface area contributed by atoms with Gasteiger partial charge in [-0.15, -0.1) is 11.3 Å². The van der Waals surface area contributed by atoms with Crippen molar-refractivity contribution in [2.24, 2.45) is 0 Å². The maximum Gasteiger partial charge on any atom is 0.175 e. The Kier molecular flexibility index (Phi) is 5.34. The second-order valence-electron chi connectivity index (χ2n) is 6.70. The molecule has 0 unspecified atom stereocenters. The van der Waals surface area contributed by atoms with E-state index < -0.39 is 9.84 Å². The van der Waals surface area contributed by atoms with Gasteiger partial charge < -0.3 is 0 Å². The van der Waals surface area contributed by atoms with Gasteiger partial charge in [0.1, 0.15) is 0 Å². The van der Waals surface area contributed by atoms with Crippen LogP contribution >= 0.6 is 22.9 Å². The summed E-state index contributed by atoms with van der Waals surface area (Å²) in [5.74, 6) is 0. The van der Waals surface area contributed by atoms with E-state index in [1.165, 1.54) is 11.8 Å². The van der Waals surface area contributed by atoms with E-state index in [0.717, 1.165) is 33.1 Å². The number of rotatable bonds is 5. The van der Waals surface area contributed by atoms with E-state index in [4.69, 9.17) is 11.6 Å². The van der Waals surface area contributed by atoms with Crippen LogP contribution < -0.4 is 0 Å². The molecule has 0 aliphatic rings. The first-order valence-corrected chi connectivity index (χ1v) is 12.2. The molecule has 0 N–H and O–H groups in total. The van der Waals surface area contributed by atoms with Gasteiger partial charge in [0.2, 0.25) is 0 Å². The SMILES string of the molecule is CCc1cc(-c2cccc(S(C)(=O)=O)c2)sc1-c1ccnn1-c1ccccc1Cl. The first-order valence-electron chi connectivity index (χ1n) is 9.11. The maximum atomic E-state index is 11.9. The number of thiophene rings is 1. The molecule has 0 radical (unpaired) electrons. The molecular formula is C22H19ClN2O2S2. The number of aromatic nitrogens is 2. The van der Waals surface area contributed by atoms with Crippen molar-refractivity contribution in [2.75, 3.05) is 6.26 Å². The average molecular weight is 443 g/mol. The highest BCUT2D eigenvalue weighted by Crippen LogP contribution is 2.40. The van der Waals surface area contributed by atoms with Crippen LogP contribution in [0.2, 0.25) is 5.02 Å². The van der Waals surface area contributed by atoms with Crippen LogP contribution in [-0.2, 0) is 16.3 Å². The number of hydrogen-bond acceptors (Lipinski definition) is 4. The number of halogens is 1. The van der Waals surface area contributed by atoms with Crippen LogP contribution in [0, 0.1) is 0 Å². The minimum Gasteiger partial charge on any atom is -0.231 e. The number of para-hydroxylation sites is 1. The van der Waals surface area contributed by atoms with E-state index in [0.29, 0.717) is 9.92 Å². The molecule has 0 bridgehead atoms. The highest BCUT2D eigenvalue weighted by molar-refractivity contribution is 7.90. The molecule has 0 fully saturated rings. The van der Waals surface area contributed by atoms with Gasteiger partial charge in [0.05, 0.1) is 32.4 Å². The molecule has 0 atom stereocenters. The van der Waals surface area contributed by atoms with Crippen molar-refractivity contribution in [2.45, 2.75) is 18.2 Å². The quantitative estimate of drug-likeness (QED) is 0.387. The van der Waals surface area contributed by atoms with E-state index in [-0.39, 0.29) is 0 Å². The monoisotopic (exact) mass is 442 g/mol. The molecule has 2 heterocycles. The van der Waals surface area contributed by atoms with Crippen molar-refractivity contribution < 1.29 is 8.42 Å². The normalized spacial score (nSPS) is 11.7. The Morgan fingerprint density at radius 3 is 2.59 bits per heavy atom. The fraction of sp³-hybridized carbons (Fsp3) is 0.136. The summed E-state index contributed by atoms with van der Waals surface area (Å²) in [7, 11) is -3.26. The molecule has 0 aliphatic heterocycles. The molecule has 0 saturated heterocycles. The van der Waals surface area contributed by atoms with Crippen LogP contribution in [-0.4, -0.2) is 24.5 Å². The Bertz CT molecular complexity index is 1290. The molecule has 0 amide bonds. The lowest BCUT2D eigenvalue weighted by Crippen LogP contribution is -1.99. The summed E-state index contributed by atoms with van der Waals surface area (Å²) in [5.41, 5.74) is 3.86. The van der Waals surface area contributed by atoms with Crippen molar-refractivity contribution in [3.05, 3.63) is 77.4 Å². The third-order valence-electron chi connectivity index (χ3n) is 4.69. The number of nitrogens with zero attached hydrogens (tertiary/aromatic N) is 2. The average Bonchev–Trinajstić information content (AvgIpc) is 3.34. The van der Waals surface area contributed by atoms with Gasteiger partial charge in [0.25, 0.3) is 0 Å². The first-order chi connectivity index (χ1) is 13.9. The zero-order valence-corrected chi connectivity index (χ0v) is 18.4. The standard InChI is InChI=1S/C22H19ClN2O2S2/c1-3-15-14-21(16-7-6-8-17(13-16)29(2,26)27)28-22(15)20-11-12-24-25(20)19-10-5-4-9-18(19)23/h4-14H,3H2,1-2H3. The summed E-state index contributed by atoms with van der Waals surface area (Å²) in [6, 6.07) is 18.8. The summed E-state index contributed by atoms with van der Waals surface area (Å²) in [6.07, 6.45) is 3.85. The van der Waals surface area contributed by atoms with Crippen molar-refractivity contribution in [1.82, 2.24) is 9.78 Å². The van der Waals surface area contributed by atoms with Crippen molar-refractivity contribution in [3.8, 4) is 26.7 Å². The van der Waals surface area contributed by atoms with Gasteiger partial charge in [-0.05, 0) is 53.9 Å². The Hall–Kier alpha value is -2.41. The number of sulfone groups is 1. The summed E-state index contributed by atoms with van der Waals surface area (Å²) in [4.78, 5) is 2.45. The lowest BCUT2D eigenvalue weighted by atomic mass is 10.1. The first kappa shape index (κ1) is 19.9. The summed E-state index contributed by atoms with van der Waals surface area (Å²) in [5, 5.41) is 5.12. The molecule has 0 saturated carbocycles. The zero-order chi connectivity index (χ0) is 20.6. The second kappa shape index (κ2) is 7.78. The fourth-order valence-electron chi connectivity index (χ4n) is 3.22. The van der Waals surface area contributed by atoms with Crippen LogP contribution in [0.25, 0.3) is 26.7 Å². The predicted octanol–water partition coefficient (Wildman–Crippen LogP) is 5.89. The maximum absolute atomic E-state index is 11.9. The van der Waals surface area contributed by atoms with Gasteiger partial charge in [0, 0.05) is 11.1 Å². The molecule has 0 spiro atoms. The number of aryl methyl sites for hydroxylation is 1. The molecule has 0 aliphatic carbocycles. The van der Waals surface area contributed by atoms with Crippen molar-refractivity contribution in [1.29, 1.82) is 0 Å². The largest absolute Gasteiger partial charge is 0.231 e. The molecule has 4 nitrogen and oxygen atoms in total. The zero-order valence-electron chi connectivity index (χ0n) is 16.0. The molecule has 2 aromatic heterocycles. The van der Waals surface area contributed by atoms with E-state index in [9.17, 15) is 8.42 Å².